The predicted octanol–water partition coefficient (Wildman–Crippen LogP) is 5.58. The van der Waals surface area contributed by atoms with Crippen molar-refractivity contribution in [2.24, 2.45) is 0 Å². The van der Waals surface area contributed by atoms with Crippen molar-refractivity contribution in [3.63, 3.8) is 0 Å². The molecule has 0 unspecified atom stereocenters. The van der Waals surface area contributed by atoms with Crippen LogP contribution in [-0.2, 0) is 0 Å². The van der Waals surface area contributed by atoms with Gasteiger partial charge < -0.3 is 11.5 Å². The molecule has 5 aromatic rings. The first-order chi connectivity index (χ1) is 16.0. The summed E-state index contributed by atoms with van der Waals surface area (Å²) in [5.41, 5.74) is 14.8. The molecule has 0 fully saturated rings. The molecular weight excluding hydrogens is 479 g/mol. The number of thiazole rings is 1. The molecule has 162 valence electrons. The molecule has 0 spiro atoms. The van der Waals surface area contributed by atoms with E-state index in [0.717, 1.165) is 21.8 Å². The van der Waals surface area contributed by atoms with E-state index in [4.69, 9.17) is 11.5 Å². The number of rotatable bonds is 4. The maximum absolute atomic E-state index is 13.2. The molecule has 0 bridgehead atoms. The predicted molar refractivity (Wildman–Crippen MR) is 132 cm³/mol. The van der Waals surface area contributed by atoms with Crippen LogP contribution < -0.4 is 16.8 Å². The first kappa shape index (κ1) is 21.0. The van der Waals surface area contributed by atoms with Gasteiger partial charge in [-0.25, -0.2) is 14.4 Å². The molecule has 0 saturated carbocycles. The number of nitriles is 1. The van der Waals surface area contributed by atoms with E-state index in [0.29, 0.717) is 26.6 Å². The monoisotopic (exact) mass is 492 g/mol. The number of aromatic nitrogens is 2. The fraction of sp³-hybridized carbons (Fsp3) is 0. The van der Waals surface area contributed by atoms with Crippen LogP contribution in [0.2, 0.25) is 0 Å². The number of carbonyl (C=O) groups is 1. The topological polar surface area (TPSA) is 131 Å². The lowest BCUT2D eigenvalue weighted by Gasteiger charge is -2.07. The molecule has 7 nitrogen and oxygen atoms in total. The summed E-state index contributed by atoms with van der Waals surface area (Å²) in [6, 6.07) is 11.8. The Bertz CT molecular complexity index is 1550. The van der Waals surface area contributed by atoms with Crippen molar-refractivity contribution < 1.29 is 9.18 Å². The number of nitrogens with two attached hydrogens (primary N) is 2. The summed E-state index contributed by atoms with van der Waals surface area (Å²) in [5, 5.41) is 17.0. The molecule has 4 aromatic heterocycles. The molecule has 0 aliphatic heterocycles. The SMILES string of the molecule is N#Cc1c(N)nc2sc(C(=O)Nc3nc(-c4ccc(F)cc4)cs3)c(N)c2c1-c1cccs1. The molecule has 4 heterocycles. The van der Waals surface area contributed by atoms with Crippen LogP contribution in [0.3, 0.4) is 0 Å². The first-order valence-electron chi connectivity index (χ1n) is 9.44. The number of hydrogen-bond donors (Lipinski definition) is 3. The number of nitrogens with one attached hydrogen (secondary N) is 1. The second-order valence-electron chi connectivity index (χ2n) is 6.86. The van der Waals surface area contributed by atoms with Crippen molar-refractivity contribution in [3.8, 4) is 27.8 Å². The van der Waals surface area contributed by atoms with E-state index in [-0.39, 0.29) is 27.8 Å². The summed E-state index contributed by atoms with van der Waals surface area (Å²) in [5.74, 6) is -0.686. The van der Waals surface area contributed by atoms with Crippen molar-refractivity contribution >= 4 is 66.8 Å². The number of benzene rings is 1. The summed E-state index contributed by atoms with van der Waals surface area (Å²) < 4.78 is 13.2. The Kier molecular flexibility index (Phi) is 5.26. The highest BCUT2D eigenvalue weighted by molar-refractivity contribution is 7.21. The molecule has 1 amide bonds. The minimum absolute atomic E-state index is 0.0884. The maximum Gasteiger partial charge on any atom is 0.269 e. The van der Waals surface area contributed by atoms with Crippen LogP contribution in [0.1, 0.15) is 15.2 Å². The van der Waals surface area contributed by atoms with Crippen LogP contribution in [0.4, 0.5) is 21.0 Å². The Balaban J connectivity index is 1.53. The van der Waals surface area contributed by atoms with Gasteiger partial charge in [-0.2, -0.15) is 5.26 Å². The van der Waals surface area contributed by atoms with Crippen molar-refractivity contribution in [1.82, 2.24) is 9.97 Å². The summed E-state index contributed by atoms with van der Waals surface area (Å²) >= 11 is 3.79. The summed E-state index contributed by atoms with van der Waals surface area (Å²) in [6.07, 6.45) is 0. The van der Waals surface area contributed by atoms with E-state index in [1.807, 2.05) is 17.5 Å². The van der Waals surface area contributed by atoms with Crippen LogP contribution in [0, 0.1) is 17.1 Å². The van der Waals surface area contributed by atoms with Crippen LogP contribution in [0.25, 0.3) is 31.9 Å². The Hall–Kier alpha value is -3.85. The number of halogens is 1. The van der Waals surface area contributed by atoms with Gasteiger partial charge in [0.1, 0.15) is 33.0 Å². The number of anilines is 3. The lowest BCUT2D eigenvalue weighted by atomic mass is 10.0. The molecule has 0 atom stereocenters. The van der Waals surface area contributed by atoms with Crippen LogP contribution in [0.5, 0.6) is 0 Å². The molecule has 11 heteroatoms. The van der Waals surface area contributed by atoms with E-state index >= 15 is 0 Å². The maximum atomic E-state index is 13.2. The third-order valence-electron chi connectivity index (χ3n) is 4.85. The van der Waals surface area contributed by atoms with E-state index in [2.05, 4.69) is 21.4 Å². The Morgan fingerprint density at radius 3 is 2.61 bits per heavy atom. The molecule has 1 aromatic carbocycles. The van der Waals surface area contributed by atoms with Gasteiger partial charge in [-0.15, -0.1) is 34.0 Å². The molecule has 5 N–H and O–H groups in total. The first-order valence-corrected chi connectivity index (χ1v) is 12.0. The molecule has 33 heavy (non-hydrogen) atoms. The number of thiophene rings is 2. The minimum atomic E-state index is -0.440. The fourth-order valence-electron chi connectivity index (χ4n) is 3.36. The van der Waals surface area contributed by atoms with Gasteiger partial charge in [0.15, 0.2) is 5.13 Å². The quantitative estimate of drug-likeness (QED) is 0.300. The van der Waals surface area contributed by atoms with Crippen molar-refractivity contribution in [2.75, 3.05) is 16.8 Å². The van der Waals surface area contributed by atoms with E-state index in [1.165, 1.54) is 34.8 Å². The van der Waals surface area contributed by atoms with Gasteiger partial charge in [0, 0.05) is 26.8 Å². The highest BCUT2D eigenvalue weighted by Gasteiger charge is 2.25. The third-order valence-corrected chi connectivity index (χ3v) is 7.60. The van der Waals surface area contributed by atoms with E-state index < -0.39 is 5.91 Å². The van der Waals surface area contributed by atoms with Gasteiger partial charge in [0.25, 0.3) is 5.91 Å². The van der Waals surface area contributed by atoms with Crippen molar-refractivity contribution in [2.45, 2.75) is 0 Å². The van der Waals surface area contributed by atoms with E-state index in [9.17, 15) is 14.4 Å². The lowest BCUT2D eigenvalue weighted by molar-refractivity contribution is 0.103. The van der Waals surface area contributed by atoms with Crippen LogP contribution in [-0.4, -0.2) is 15.9 Å². The molecule has 0 aliphatic carbocycles. The average Bonchev–Trinajstić information content (AvgIpc) is 3.54. The van der Waals surface area contributed by atoms with Gasteiger partial charge in [-0.3, -0.25) is 10.1 Å². The van der Waals surface area contributed by atoms with Gasteiger partial charge in [0.05, 0.1) is 11.4 Å². The normalized spacial score (nSPS) is 10.9. The summed E-state index contributed by atoms with van der Waals surface area (Å²) in [6.45, 7) is 0. The second kappa shape index (κ2) is 8.25. The molecule has 0 saturated heterocycles. The zero-order valence-corrected chi connectivity index (χ0v) is 19.1. The number of pyridine rings is 1. The van der Waals surface area contributed by atoms with Crippen LogP contribution >= 0.6 is 34.0 Å². The number of carbonyl (C=O) groups excluding carboxylic acids is 1. The molecule has 0 radical (unpaired) electrons. The number of hydrogen-bond acceptors (Lipinski definition) is 9. The number of amides is 1. The summed E-state index contributed by atoms with van der Waals surface area (Å²) in [4.78, 5) is 23.3. The second-order valence-corrected chi connectivity index (χ2v) is 9.66. The lowest BCUT2D eigenvalue weighted by Crippen LogP contribution is -2.11. The molecule has 0 aliphatic rings. The Labute approximate surface area is 198 Å². The van der Waals surface area contributed by atoms with Gasteiger partial charge in [0.2, 0.25) is 0 Å². The van der Waals surface area contributed by atoms with Gasteiger partial charge in [-0.05, 0) is 35.7 Å². The van der Waals surface area contributed by atoms with Crippen molar-refractivity contribution in [3.05, 3.63) is 63.4 Å². The minimum Gasteiger partial charge on any atom is -0.397 e. The van der Waals surface area contributed by atoms with Gasteiger partial charge in [-0.1, -0.05) is 6.07 Å². The Morgan fingerprint density at radius 2 is 1.91 bits per heavy atom. The fourth-order valence-corrected chi connectivity index (χ4v) is 5.86. The zero-order chi connectivity index (χ0) is 23.1. The number of nitrogen functional groups attached to an aromatic ring is 2. The third kappa shape index (κ3) is 3.70. The largest absolute Gasteiger partial charge is 0.397 e. The van der Waals surface area contributed by atoms with Crippen LogP contribution in [0.15, 0.2) is 47.2 Å². The highest BCUT2D eigenvalue weighted by atomic mass is 32.1. The Morgan fingerprint density at radius 1 is 1.12 bits per heavy atom. The summed E-state index contributed by atoms with van der Waals surface area (Å²) in [7, 11) is 0. The van der Waals surface area contributed by atoms with Gasteiger partial charge >= 0.3 is 0 Å². The standard InChI is InChI=1S/C22H13FN6OS3/c23-11-5-3-10(4-6-11)13-9-32-22(27-13)29-20(30)18-17(25)16-15(14-2-1-7-31-14)12(8-24)19(26)28-21(16)33-18/h1-7,9H,25H2,(H2,26,28)(H,27,29,30). The number of fused-ring (bicyclic) bond motifs is 1. The van der Waals surface area contributed by atoms with Crippen molar-refractivity contribution in [1.29, 1.82) is 5.26 Å². The highest BCUT2D eigenvalue weighted by Crippen LogP contribution is 2.44. The average molecular weight is 493 g/mol. The zero-order valence-electron chi connectivity index (χ0n) is 16.6. The molecule has 5 rings (SSSR count). The smallest absolute Gasteiger partial charge is 0.269 e. The number of nitrogens with zero attached hydrogens (tertiary/aromatic N) is 3. The van der Waals surface area contributed by atoms with E-state index in [1.54, 1.807) is 17.5 Å². The molecular formula is C22H13FN6OS3.